The number of carbonyl (C=O) groups is 3. The van der Waals surface area contributed by atoms with Crippen molar-refractivity contribution in [1.82, 2.24) is 15.0 Å². The molecule has 8 nitrogen and oxygen atoms in total. The van der Waals surface area contributed by atoms with Crippen molar-refractivity contribution in [2.24, 2.45) is 0 Å². The molecule has 1 aliphatic carbocycles. The van der Waals surface area contributed by atoms with Crippen LogP contribution in [0.5, 0.6) is 0 Å². The fraction of sp³-hybridized carbons (Fsp3) is 0.308. The molecule has 0 spiro atoms. The largest absolute Gasteiger partial charge is 0.395 e. The van der Waals surface area contributed by atoms with Crippen LogP contribution in [0, 0.1) is 11.6 Å². The minimum absolute atomic E-state index is 0.0287. The molecule has 0 aliphatic heterocycles. The van der Waals surface area contributed by atoms with Crippen LogP contribution in [0.1, 0.15) is 58.3 Å². The van der Waals surface area contributed by atoms with E-state index in [1.165, 1.54) is 49.4 Å². The molecule has 2 aromatic carbocycles. The highest BCUT2D eigenvalue weighted by Crippen LogP contribution is 2.29. The Balaban J connectivity index is 1.57. The number of hydrogen-bond acceptors (Lipinski definition) is 6. The topological polar surface area (TPSA) is 117 Å². The summed E-state index contributed by atoms with van der Waals surface area (Å²) in [5, 5.41) is 5.61. The molecular weight excluding hydrogens is 500 g/mol. The lowest BCUT2D eigenvalue weighted by atomic mass is 10.1. The first-order valence-corrected chi connectivity index (χ1v) is 12.7. The van der Waals surface area contributed by atoms with Crippen LogP contribution in [-0.4, -0.2) is 34.2 Å². The second-order valence-electron chi connectivity index (χ2n) is 8.90. The van der Waals surface area contributed by atoms with Crippen molar-refractivity contribution >= 4 is 40.6 Å². The number of carbonyl (C=O) groups excluding carboxylic acids is 3. The summed E-state index contributed by atoms with van der Waals surface area (Å²) in [7, 11) is 0. The number of halogens is 2. The molecule has 11 heteroatoms. The van der Waals surface area contributed by atoms with Gasteiger partial charge < -0.3 is 16.4 Å². The molecule has 0 bridgehead atoms. The van der Waals surface area contributed by atoms with Crippen molar-refractivity contribution < 1.29 is 23.2 Å². The van der Waals surface area contributed by atoms with E-state index in [1.54, 1.807) is 0 Å². The second-order valence-corrected chi connectivity index (χ2v) is 9.68. The zero-order chi connectivity index (χ0) is 26.5. The van der Waals surface area contributed by atoms with Crippen LogP contribution >= 0.6 is 11.5 Å². The molecule has 37 heavy (non-hydrogen) atoms. The average Bonchev–Trinajstić information content (AvgIpc) is 3.53. The Kier molecular flexibility index (Phi) is 8.12. The Bertz CT molecular complexity index is 1290. The molecule has 1 fully saturated rings. The van der Waals surface area contributed by atoms with E-state index >= 15 is 0 Å². The third kappa shape index (κ3) is 6.11. The summed E-state index contributed by atoms with van der Waals surface area (Å²) in [6, 6.07) is 9.86. The van der Waals surface area contributed by atoms with E-state index in [0.717, 1.165) is 48.2 Å². The summed E-state index contributed by atoms with van der Waals surface area (Å²) in [4.78, 5) is 40.5. The van der Waals surface area contributed by atoms with Gasteiger partial charge in [0.1, 0.15) is 22.6 Å². The monoisotopic (exact) mass is 527 g/mol. The second kappa shape index (κ2) is 11.5. The van der Waals surface area contributed by atoms with Gasteiger partial charge in [0, 0.05) is 18.3 Å². The highest BCUT2D eigenvalue weighted by atomic mass is 32.1. The van der Waals surface area contributed by atoms with E-state index in [-0.39, 0.29) is 34.5 Å². The molecule has 0 saturated heterocycles. The van der Waals surface area contributed by atoms with E-state index in [1.807, 2.05) is 0 Å². The number of aromatic nitrogens is 1. The molecule has 1 aromatic heterocycles. The first-order chi connectivity index (χ1) is 17.7. The summed E-state index contributed by atoms with van der Waals surface area (Å²) in [5.41, 5.74) is 6.84. The standard InChI is InChI=1S/C26H27F2N5O3S/c1-15(24(34)30-14-16-9-11-17(27)12-10-16)33(20-8-4-5-18(28)13-20)26(36)23-21(29)22(32-37-23)25(35)31-19-6-2-3-7-19/h4-5,8-13,15,19H,2-3,6-7,14,29H2,1H3,(H,30,34)(H,31,35)/t15-/m1/s1. The SMILES string of the molecule is C[C@H](C(=O)NCc1ccc(F)cc1)N(C(=O)c1snc(C(=O)NC2CCCC2)c1N)c1cccc(F)c1. The third-order valence-corrected chi connectivity index (χ3v) is 7.13. The van der Waals surface area contributed by atoms with E-state index in [9.17, 15) is 23.2 Å². The van der Waals surface area contributed by atoms with Gasteiger partial charge >= 0.3 is 0 Å². The molecule has 0 unspecified atom stereocenters. The molecule has 1 heterocycles. The van der Waals surface area contributed by atoms with Crippen molar-refractivity contribution in [3.63, 3.8) is 0 Å². The van der Waals surface area contributed by atoms with Crippen molar-refractivity contribution in [2.45, 2.75) is 51.2 Å². The molecular formula is C26H27F2N5O3S. The summed E-state index contributed by atoms with van der Waals surface area (Å²) in [5.74, 6) is -2.66. The number of amides is 3. The normalized spacial score (nSPS) is 14.2. The van der Waals surface area contributed by atoms with Crippen molar-refractivity contribution in [2.75, 3.05) is 10.6 Å². The molecule has 1 aliphatic rings. The molecule has 194 valence electrons. The lowest BCUT2D eigenvalue weighted by Gasteiger charge is -2.28. The number of benzene rings is 2. The maximum atomic E-state index is 14.1. The zero-order valence-electron chi connectivity index (χ0n) is 20.2. The number of nitrogens with one attached hydrogen (secondary N) is 2. The fourth-order valence-electron chi connectivity index (χ4n) is 4.25. The van der Waals surface area contributed by atoms with Gasteiger partial charge in [-0.2, -0.15) is 4.37 Å². The van der Waals surface area contributed by atoms with E-state index < -0.39 is 35.4 Å². The number of nitrogens with two attached hydrogens (primary N) is 1. The molecule has 4 N–H and O–H groups in total. The Morgan fingerprint density at radius 1 is 1.11 bits per heavy atom. The Morgan fingerprint density at radius 2 is 1.81 bits per heavy atom. The predicted molar refractivity (Wildman–Crippen MR) is 137 cm³/mol. The Hall–Kier alpha value is -3.86. The summed E-state index contributed by atoms with van der Waals surface area (Å²) in [6.45, 7) is 1.59. The van der Waals surface area contributed by atoms with Gasteiger partial charge in [0.2, 0.25) is 5.91 Å². The van der Waals surface area contributed by atoms with E-state index in [4.69, 9.17) is 5.73 Å². The number of nitrogens with zero attached hydrogens (tertiary/aromatic N) is 2. The third-order valence-electron chi connectivity index (χ3n) is 6.28. The van der Waals surface area contributed by atoms with E-state index in [0.29, 0.717) is 5.56 Å². The molecule has 0 radical (unpaired) electrons. The van der Waals surface area contributed by atoms with Gasteiger partial charge in [0.15, 0.2) is 5.69 Å². The van der Waals surface area contributed by atoms with Gasteiger partial charge in [0.05, 0.1) is 5.69 Å². The van der Waals surface area contributed by atoms with Gasteiger partial charge in [-0.05, 0) is 67.2 Å². The highest BCUT2D eigenvalue weighted by molar-refractivity contribution is 7.09. The van der Waals surface area contributed by atoms with Gasteiger partial charge in [-0.3, -0.25) is 19.3 Å². The Morgan fingerprint density at radius 3 is 2.49 bits per heavy atom. The maximum Gasteiger partial charge on any atom is 0.273 e. The molecule has 1 atom stereocenters. The Labute approximate surface area is 217 Å². The quantitative estimate of drug-likeness (QED) is 0.409. The minimum Gasteiger partial charge on any atom is -0.395 e. The van der Waals surface area contributed by atoms with Crippen LogP contribution in [0.15, 0.2) is 48.5 Å². The average molecular weight is 528 g/mol. The fourth-order valence-corrected chi connectivity index (χ4v) is 4.98. The van der Waals surface area contributed by atoms with Crippen LogP contribution in [-0.2, 0) is 11.3 Å². The smallest absolute Gasteiger partial charge is 0.273 e. The summed E-state index contributed by atoms with van der Waals surface area (Å²) >= 11 is 0.750. The summed E-state index contributed by atoms with van der Waals surface area (Å²) in [6.07, 6.45) is 3.81. The van der Waals surface area contributed by atoms with Gasteiger partial charge in [-0.25, -0.2) is 8.78 Å². The maximum absolute atomic E-state index is 14.1. The summed E-state index contributed by atoms with van der Waals surface area (Å²) < 4.78 is 31.4. The molecule has 3 amide bonds. The van der Waals surface area contributed by atoms with Crippen LogP contribution in [0.3, 0.4) is 0 Å². The van der Waals surface area contributed by atoms with Crippen LogP contribution in [0.4, 0.5) is 20.2 Å². The number of anilines is 2. The molecule has 1 saturated carbocycles. The minimum atomic E-state index is -1.08. The van der Waals surface area contributed by atoms with Crippen LogP contribution in [0.25, 0.3) is 0 Å². The first kappa shape index (κ1) is 26.2. The van der Waals surface area contributed by atoms with Crippen LogP contribution < -0.4 is 21.3 Å². The number of hydrogen-bond donors (Lipinski definition) is 3. The van der Waals surface area contributed by atoms with Crippen molar-refractivity contribution in [3.05, 3.63) is 76.3 Å². The van der Waals surface area contributed by atoms with E-state index in [2.05, 4.69) is 15.0 Å². The lowest BCUT2D eigenvalue weighted by Crippen LogP contribution is -2.48. The predicted octanol–water partition coefficient (Wildman–Crippen LogP) is 4.03. The van der Waals surface area contributed by atoms with Crippen molar-refractivity contribution in [1.29, 1.82) is 0 Å². The zero-order valence-corrected chi connectivity index (χ0v) is 21.0. The van der Waals surface area contributed by atoms with Crippen LogP contribution in [0.2, 0.25) is 0 Å². The van der Waals surface area contributed by atoms with Gasteiger partial charge in [-0.15, -0.1) is 0 Å². The van der Waals surface area contributed by atoms with Crippen molar-refractivity contribution in [3.8, 4) is 0 Å². The molecule has 4 rings (SSSR count). The number of rotatable bonds is 8. The highest BCUT2D eigenvalue weighted by Gasteiger charge is 2.33. The number of nitrogen functional groups attached to an aromatic ring is 1. The lowest BCUT2D eigenvalue weighted by molar-refractivity contribution is -0.122. The van der Waals surface area contributed by atoms with Gasteiger partial charge in [0.25, 0.3) is 11.8 Å². The first-order valence-electron chi connectivity index (χ1n) is 11.9. The van der Waals surface area contributed by atoms with Gasteiger partial charge in [-0.1, -0.05) is 31.0 Å². The molecule has 3 aromatic rings.